The van der Waals surface area contributed by atoms with Crippen molar-refractivity contribution in [3.8, 4) is 5.75 Å². The summed E-state index contributed by atoms with van der Waals surface area (Å²) in [7, 11) is -1.59. The van der Waals surface area contributed by atoms with Gasteiger partial charge >= 0.3 is 0 Å². The van der Waals surface area contributed by atoms with Crippen molar-refractivity contribution in [2.75, 3.05) is 13.6 Å². The van der Waals surface area contributed by atoms with Crippen molar-refractivity contribution in [2.24, 2.45) is 0 Å². The zero-order valence-corrected chi connectivity index (χ0v) is 19.6. The van der Waals surface area contributed by atoms with Gasteiger partial charge in [-0.1, -0.05) is 42.5 Å². The van der Waals surface area contributed by atoms with E-state index in [4.69, 9.17) is 9.15 Å². The fourth-order valence-electron chi connectivity index (χ4n) is 3.70. The van der Waals surface area contributed by atoms with Gasteiger partial charge in [0.15, 0.2) is 0 Å². The molecule has 3 aromatic carbocycles. The minimum absolute atomic E-state index is 0.166. The van der Waals surface area contributed by atoms with Crippen LogP contribution in [0.1, 0.15) is 18.1 Å². The van der Waals surface area contributed by atoms with Crippen LogP contribution in [0.2, 0.25) is 0 Å². The van der Waals surface area contributed by atoms with Crippen molar-refractivity contribution < 1.29 is 17.6 Å². The molecule has 0 saturated heterocycles. The maximum Gasteiger partial charge on any atom is 0.240 e. The minimum Gasteiger partial charge on any atom is -0.489 e. The molecule has 0 radical (unpaired) electrons. The van der Waals surface area contributed by atoms with E-state index < -0.39 is 10.0 Å². The van der Waals surface area contributed by atoms with Crippen LogP contribution in [0.25, 0.3) is 10.8 Å². The second kappa shape index (κ2) is 10.2. The average molecular weight is 465 g/mol. The second-order valence-corrected chi connectivity index (χ2v) is 10.0. The summed E-state index contributed by atoms with van der Waals surface area (Å²) in [6, 6.07) is 22.6. The van der Waals surface area contributed by atoms with Gasteiger partial charge in [-0.25, -0.2) is 13.1 Å². The van der Waals surface area contributed by atoms with Crippen LogP contribution in [0.3, 0.4) is 0 Å². The van der Waals surface area contributed by atoms with Gasteiger partial charge in [0.2, 0.25) is 10.0 Å². The monoisotopic (exact) mass is 464 g/mol. The molecular formula is C26H28N2O4S. The largest absolute Gasteiger partial charge is 0.489 e. The van der Waals surface area contributed by atoms with Crippen molar-refractivity contribution >= 4 is 20.8 Å². The molecule has 4 aromatic rings. The number of ether oxygens (including phenoxy) is 1. The fourth-order valence-corrected chi connectivity index (χ4v) is 4.85. The molecule has 0 aliphatic rings. The lowest BCUT2D eigenvalue weighted by Crippen LogP contribution is -2.33. The third-order valence-corrected chi connectivity index (χ3v) is 6.73. The molecule has 1 N–H and O–H groups in total. The molecule has 0 aliphatic heterocycles. The summed E-state index contributed by atoms with van der Waals surface area (Å²) >= 11 is 0. The SMILES string of the molecule is CC(CNS(=O)(=O)c1ccc2ccccc2c1)Oc1cccc(CN(C)Cc2ccoc2)c1. The third kappa shape index (κ3) is 6.22. The molecule has 1 heterocycles. The molecule has 1 atom stereocenters. The van der Waals surface area contributed by atoms with E-state index in [2.05, 4.69) is 9.62 Å². The first-order chi connectivity index (χ1) is 15.9. The van der Waals surface area contributed by atoms with Crippen LogP contribution in [0.5, 0.6) is 5.75 Å². The van der Waals surface area contributed by atoms with Crippen LogP contribution in [0, 0.1) is 0 Å². The zero-order valence-electron chi connectivity index (χ0n) is 18.8. The maximum atomic E-state index is 12.8. The summed E-state index contributed by atoms with van der Waals surface area (Å²) in [6.45, 7) is 3.56. The quantitative estimate of drug-likeness (QED) is 0.365. The van der Waals surface area contributed by atoms with E-state index in [1.807, 2.05) is 74.6 Å². The minimum atomic E-state index is -3.63. The fraction of sp³-hybridized carbons (Fsp3) is 0.231. The molecule has 4 rings (SSSR count). The van der Waals surface area contributed by atoms with E-state index in [0.717, 1.165) is 35.0 Å². The molecule has 0 aliphatic carbocycles. The van der Waals surface area contributed by atoms with E-state index in [-0.39, 0.29) is 17.5 Å². The van der Waals surface area contributed by atoms with E-state index in [1.165, 1.54) is 0 Å². The van der Waals surface area contributed by atoms with Gasteiger partial charge in [0.05, 0.1) is 17.4 Å². The topological polar surface area (TPSA) is 71.8 Å². The molecule has 0 fully saturated rings. The van der Waals surface area contributed by atoms with Crippen LogP contribution in [-0.4, -0.2) is 33.0 Å². The molecule has 0 bridgehead atoms. The Morgan fingerprint density at radius 1 is 0.939 bits per heavy atom. The van der Waals surface area contributed by atoms with Crippen LogP contribution in [-0.2, 0) is 23.1 Å². The second-order valence-electron chi connectivity index (χ2n) is 8.24. The van der Waals surface area contributed by atoms with Crippen LogP contribution in [0.15, 0.2) is 94.6 Å². The Hall–Kier alpha value is -3.13. The van der Waals surface area contributed by atoms with E-state index in [9.17, 15) is 8.42 Å². The number of nitrogens with one attached hydrogen (secondary N) is 1. The summed E-state index contributed by atoms with van der Waals surface area (Å²) in [4.78, 5) is 2.43. The predicted octanol–water partition coefficient (Wildman–Crippen LogP) is 4.81. The lowest BCUT2D eigenvalue weighted by atomic mass is 10.1. The molecule has 0 saturated carbocycles. The highest BCUT2D eigenvalue weighted by molar-refractivity contribution is 7.89. The highest BCUT2D eigenvalue weighted by Gasteiger charge is 2.16. The Balaban J connectivity index is 1.33. The summed E-state index contributed by atoms with van der Waals surface area (Å²) < 4.78 is 39.3. The summed E-state index contributed by atoms with van der Waals surface area (Å²) in [6.07, 6.45) is 3.09. The van der Waals surface area contributed by atoms with Crippen molar-refractivity contribution in [1.82, 2.24) is 9.62 Å². The summed E-state index contributed by atoms with van der Waals surface area (Å²) in [5, 5.41) is 1.89. The van der Waals surface area contributed by atoms with Crippen molar-refractivity contribution in [3.63, 3.8) is 0 Å². The van der Waals surface area contributed by atoms with Gasteiger partial charge in [-0.3, -0.25) is 4.90 Å². The molecule has 1 unspecified atom stereocenters. The molecule has 1 aromatic heterocycles. The maximum absolute atomic E-state index is 12.8. The normalized spacial score (nSPS) is 12.8. The van der Waals surface area contributed by atoms with Gasteiger partial charge in [0.1, 0.15) is 11.9 Å². The van der Waals surface area contributed by atoms with Crippen molar-refractivity contribution in [2.45, 2.75) is 31.0 Å². The van der Waals surface area contributed by atoms with Crippen LogP contribution in [0.4, 0.5) is 0 Å². The first-order valence-electron chi connectivity index (χ1n) is 10.8. The zero-order chi connectivity index (χ0) is 23.3. The smallest absolute Gasteiger partial charge is 0.240 e. The molecule has 172 valence electrons. The summed E-state index contributed by atoms with van der Waals surface area (Å²) in [5.41, 5.74) is 2.24. The molecule has 6 nitrogen and oxygen atoms in total. The Morgan fingerprint density at radius 2 is 1.73 bits per heavy atom. The number of nitrogens with zero attached hydrogens (tertiary/aromatic N) is 1. The van der Waals surface area contributed by atoms with Crippen molar-refractivity contribution in [3.05, 3.63) is 96.4 Å². The lowest BCUT2D eigenvalue weighted by molar-refractivity contribution is 0.224. The number of fused-ring (bicyclic) bond motifs is 1. The van der Waals surface area contributed by atoms with Gasteiger partial charge in [-0.2, -0.15) is 0 Å². The van der Waals surface area contributed by atoms with E-state index >= 15 is 0 Å². The highest BCUT2D eigenvalue weighted by atomic mass is 32.2. The first-order valence-corrected chi connectivity index (χ1v) is 12.3. The standard InChI is InChI=1S/C26H28N2O4S/c1-20(16-27-33(29,30)26-11-10-23-7-3-4-8-24(23)15-26)32-25-9-5-6-21(14-25)17-28(2)18-22-12-13-31-19-22/h3-15,19-20,27H,16-18H2,1-2H3. The van der Waals surface area contributed by atoms with Crippen molar-refractivity contribution in [1.29, 1.82) is 0 Å². The average Bonchev–Trinajstić information content (AvgIpc) is 3.30. The Morgan fingerprint density at radius 3 is 2.52 bits per heavy atom. The first kappa shape index (κ1) is 23.0. The molecule has 7 heteroatoms. The Kier molecular flexibility index (Phi) is 7.13. The molecular weight excluding hydrogens is 436 g/mol. The van der Waals surface area contributed by atoms with Gasteiger partial charge in [-0.15, -0.1) is 0 Å². The van der Waals surface area contributed by atoms with Crippen LogP contribution < -0.4 is 9.46 Å². The number of sulfonamides is 1. The third-order valence-electron chi connectivity index (χ3n) is 5.31. The molecule has 0 amide bonds. The van der Waals surface area contributed by atoms with E-state index in [1.54, 1.807) is 24.7 Å². The number of furan rings is 1. The van der Waals surface area contributed by atoms with Gasteiger partial charge in [0, 0.05) is 25.2 Å². The van der Waals surface area contributed by atoms with Gasteiger partial charge in [0.25, 0.3) is 0 Å². The molecule has 33 heavy (non-hydrogen) atoms. The van der Waals surface area contributed by atoms with Crippen LogP contribution >= 0.6 is 0 Å². The number of hydrogen-bond donors (Lipinski definition) is 1. The summed E-state index contributed by atoms with van der Waals surface area (Å²) in [5.74, 6) is 0.710. The highest BCUT2D eigenvalue weighted by Crippen LogP contribution is 2.20. The number of rotatable bonds is 10. The van der Waals surface area contributed by atoms with Gasteiger partial charge in [-0.05, 0) is 60.6 Å². The number of benzene rings is 3. The number of hydrogen-bond acceptors (Lipinski definition) is 5. The lowest BCUT2D eigenvalue weighted by Gasteiger charge is -2.18. The molecule has 0 spiro atoms. The Labute approximate surface area is 194 Å². The van der Waals surface area contributed by atoms with Gasteiger partial charge < -0.3 is 9.15 Å². The predicted molar refractivity (Wildman–Crippen MR) is 130 cm³/mol. The van der Waals surface area contributed by atoms with E-state index in [0.29, 0.717) is 5.75 Å². The Bertz CT molecular complexity index is 1300.